The number of hydrogen-bond donors (Lipinski definition) is 0. The van der Waals surface area contributed by atoms with Gasteiger partial charge in [-0.05, 0) is 23.8 Å². The summed E-state index contributed by atoms with van der Waals surface area (Å²) in [6, 6.07) is 30.1. The maximum Gasteiger partial charge on any atom is 0.0813 e. The minimum absolute atomic E-state index is 0.162. The van der Waals surface area contributed by atoms with Gasteiger partial charge in [0.1, 0.15) is 0 Å². The monoisotopic (exact) mass is 326 g/mol. The summed E-state index contributed by atoms with van der Waals surface area (Å²) in [5, 5.41) is 1.31. The first kappa shape index (κ1) is 15.5. The molecule has 2 heteroatoms. The number of aromatic nitrogens is 1. The van der Waals surface area contributed by atoms with Gasteiger partial charge in [0.2, 0.25) is 0 Å². The van der Waals surface area contributed by atoms with E-state index in [1.54, 1.807) is 0 Å². The van der Waals surface area contributed by atoms with Gasteiger partial charge >= 0.3 is 0 Å². The third-order valence-corrected chi connectivity index (χ3v) is 4.89. The summed E-state index contributed by atoms with van der Waals surface area (Å²) in [5.41, 5.74) is 5.10. The third kappa shape index (κ3) is 2.80. The van der Waals surface area contributed by atoms with Crippen molar-refractivity contribution in [1.82, 2.24) is 4.57 Å². The molecule has 0 radical (unpaired) electrons. The normalized spacial score (nSPS) is 12.2. The van der Waals surface area contributed by atoms with Crippen molar-refractivity contribution in [3.8, 4) is 0 Å². The number of benzene rings is 3. The molecule has 1 aromatic heterocycles. The highest BCUT2D eigenvalue weighted by atomic mass is 15.1. The first-order chi connectivity index (χ1) is 12.3. The molecule has 0 fully saturated rings. The van der Waals surface area contributed by atoms with Crippen LogP contribution in [0.2, 0.25) is 0 Å². The zero-order valence-corrected chi connectivity index (χ0v) is 14.6. The fourth-order valence-corrected chi connectivity index (χ4v) is 3.65. The van der Waals surface area contributed by atoms with Gasteiger partial charge in [-0.25, -0.2) is 0 Å². The van der Waals surface area contributed by atoms with Gasteiger partial charge in [0.25, 0.3) is 0 Å². The van der Waals surface area contributed by atoms with E-state index in [0.29, 0.717) is 0 Å². The van der Waals surface area contributed by atoms with Crippen LogP contribution in [-0.4, -0.2) is 11.6 Å². The van der Waals surface area contributed by atoms with Crippen molar-refractivity contribution in [3.05, 3.63) is 102 Å². The number of rotatable bonds is 4. The van der Waals surface area contributed by atoms with E-state index in [1.807, 2.05) is 0 Å². The molecular weight excluding hydrogens is 304 g/mol. The Bertz CT molecular complexity index is 971. The van der Waals surface area contributed by atoms with E-state index in [2.05, 4.69) is 115 Å². The van der Waals surface area contributed by atoms with Crippen molar-refractivity contribution in [3.63, 3.8) is 0 Å². The summed E-state index contributed by atoms with van der Waals surface area (Å²) in [6.45, 7) is 0. The summed E-state index contributed by atoms with van der Waals surface area (Å²) in [7, 11) is 4.30. The van der Waals surface area contributed by atoms with Crippen LogP contribution < -0.4 is 4.90 Å². The predicted molar refractivity (Wildman–Crippen MR) is 106 cm³/mol. The molecule has 0 saturated heterocycles. The van der Waals surface area contributed by atoms with E-state index in [4.69, 9.17) is 0 Å². The van der Waals surface area contributed by atoms with Gasteiger partial charge in [0, 0.05) is 42.4 Å². The lowest BCUT2D eigenvalue weighted by molar-refractivity contribution is 0.782. The lowest BCUT2D eigenvalue weighted by Crippen LogP contribution is -2.25. The molecule has 4 aromatic rings. The summed E-state index contributed by atoms with van der Waals surface area (Å²) in [5.74, 6) is 0. The molecule has 25 heavy (non-hydrogen) atoms. The lowest BCUT2D eigenvalue weighted by Gasteiger charge is -2.30. The Kier molecular flexibility index (Phi) is 4.02. The topological polar surface area (TPSA) is 8.17 Å². The standard InChI is InChI=1S/C23H22N2/c1-24-17-21(20-15-9-10-16-22(20)24)23(18-11-5-3-6-12-18)25(2)19-13-7-4-8-14-19/h3-17,23H,1-2H3. The molecule has 124 valence electrons. The summed E-state index contributed by atoms with van der Waals surface area (Å²) in [4.78, 5) is 2.36. The Hall–Kier alpha value is -3.00. The van der Waals surface area contributed by atoms with E-state index in [-0.39, 0.29) is 6.04 Å². The maximum absolute atomic E-state index is 2.36. The van der Waals surface area contributed by atoms with E-state index in [1.165, 1.54) is 27.7 Å². The SMILES string of the molecule is CN(c1ccccc1)C(c1ccccc1)c1cn(C)c2ccccc12. The van der Waals surface area contributed by atoms with Crippen LogP contribution in [0.5, 0.6) is 0 Å². The van der Waals surface area contributed by atoms with Gasteiger partial charge in [-0.3, -0.25) is 0 Å². The van der Waals surface area contributed by atoms with Gasteiger partial charge in [-0.1, -0.05) is 66.7 Å². The van der Waals surface area contributed by atoms with Gasteiger partial charge in [0.05, 0.1) is 6.04 Å². The maximum atomic E-state index is 2.36. The van der Waals surface area contributed by atoms with E-state index < -0.39 is 0 Å². The zero-order chi connectivity index (χ0) is 17.2. The second-order valence-electron chi connectivity index (χ2n) is 6.47. The van der Waals surface area contributed by atoms with Crippen LogP contribution in [0.1, 0.15) is 17.2 Å². The quantitative estimate of drug-likeness (QED) is 0.487. The summed E-state index contributed by atoms with van der Waals surface area (Å²) < 4.78 is 2.22. The Labute approximate surface area is 149 Å². The van der Waals surface area contributed by atoms with Crippen LogP contribution in [0.3, 0.4) is 0 Å². The Morgan fingerprint density at radius 2 is 1.36 bits per heavy atom. The molecule has 0 aliphatic carbocycles. The number of para-hydroxylation sites is 2. The summed E-state index contributed by atoms with van der Waals surface area (Å²) >= 11 is 0. The van der Waals surface area contributed by atoms with Crippen molar-refractivity contribution >= 4 is 16.6 Å². The number of aryl methyl sites for hydroxylation is 1. The highest BCUT2D eigenvalue weighted by molar-refractivity contribution is 5.85. The third-order valence-electron chi connectivity index (χ3n) is 4.89. The molecule has 1 heterocycles. The minimum atomic E-state index is 0.162. The van der Waals surface area contributed by atoms with Gasteiger partial charge in [-0.2, -0.15) is 0 Å². The molecule has 1 atom stereocenters. The van der Waals surface area contributed by atoms with Crippen molar-refractivity contribution in [2.24, 2.45) is 7.05 Å². The molecule has 0 spiro atoms. The van der Waals surface area contributed by atoms with Crippen molar-refractivity contribution in [2.75, 3.05) is 11.9 Å². The highest BCUT2D eigenvalue weighted by Gasteiger charge is 2.23. The predicted octanol–water partition coefficient (Wildman–Crippen LogP) is 5.40. The Morgan fingerprint density at radius 3 is 2.08 bits per heavy atom. The van der Waals surface area contributed by atoms with Crippen LogP contribution >= 0.6 is 0 Å². The molecule has 0 amide bonds. The molecule has 4 rings (SSSR count). The lowest BCUT2D eigenvalue weighted by atomic mass is 9.96. The molecule has 0 bridgehead atoms. The number of nitrogens with zero attached hydrogens (tertiary/aromatic N) is 2. The summed E-state index contributed by atoms with van der Waals surface area (Å²) in [6.07, 6.45) is 2.27. The first-order valence-corrected chi connectivity index (χ1v) is 8.62. The van der Waals surface area contributed by atoms with Gasteiger partial charge < -0.3 is 9.47 Å². The van der Waals surface area contributed by atoms with Crippen molar-refractivity contribution in [1.29, 1.82) is 0 Å². The largest absolute Gasteiger partial charge is 0.363 e. The van der Waals surface area contributed by atoms with Crippen LogP contribution in [0.15, 0.2) is 91.1 Å². The van der Waals surface area contributed by atoms with Gasteiger partial charge in [-0.15, -0.1) is 0 Å². The van der Waals surface area contributed by atoms with E-state index in [0.717, 1.165) is 0 Å². The molecule has 2 nitrogen and oxygen atoms in total. The number of hydrogen-bond acceptors (Lipinski definition) is 1. The Morgan fingerprint density at radius 1 is 0.760 bits per heavy atom. The minimum Gasteiger partial charge on any atom is -0.363 e. The molecule has 0 N–H and O–H groups in total. The molecule has 0 aliphatic rings. The molecule has 0 aliphatic heterocycles. The molecular formula is C23H22N2. The van der Waals surface area contributed by atoms with Crippen LogP contribution in [0, 0.1) is 0 Å². The zero-order valence-electron chi connectivity index (χ0n) is 14.6. The number of anilines is 1. The van der Waals surface area contributed by atoms with Gasteiger partial charge in [0.15, 0.2) is 0 Å². The molecule has 3 aromatic carbocycles. The van der Waals surface area contributed by atoms with E-state index >= 15 is 0 Å². The first-order valence-electron chi connectivity index (χ1n) is 8.62. The highest BCUT2D eigenvalue weighted by Crippen LogP contribution is 2.36. The second-order valence-corrected chi connectivity index (χ2v) is 6.47. The van der Waals surface area contributed by atoms with Crippen LogP contribution in [0.25, 0.3) is 10.9 Å². The second kappa shape index (κ2) is 6.48. The fourth-order valence-electron chi connectivity index (χ4n) is 3.65. The van der Waals surface area contributed by atoms with E-state index in [9.17, 15) is 0 Å². The average molecular weight is 326 g/mol. The fraction of sp³-hybridized carbons (Fsp3) is 0.130. The Balaban J connectivity index is 1.92. The smallest absolute Gasteiger partial charge is 0.0813 e. The van der Waals surface area contributed by atoms with Crippen LogP contribution in [0.4, 0.5) is 5.69 Å². The van der Waals surface area contributed by atoms with Crippen molar-refractivity contribution < 1.29 is 0 Å². The molecule has 1 unspecified atom stereocenters. The number of fused-ring (bicyclic) bond motifs is 1. The molecule has 0 saturated carbocycles. The van der Waals surface area contributed by atoms with Crippen molar-refractivity contribution in [2.45, 2.75) is 6.04 Å². The van der Waals surface area contributed by atoms with Crippen LogP contribution in [-0.2, 0) is 7.05 Å². The average Bonchev–Trinajstić information content (AvgIpc) is 3.00.